The highest BCUT2D eigenvalue weighted by atomic mass is 16.6. The molecule has 2 rings (SSSR count). The van der Waals surface area contributed by atoms with E-state index in [0.29, 0.717) is 19.0 Å². The van der Waals surface area contributed by atoms with E-state index in [2.05, 4.69) is 0 Å². The van der Waals surface area contributed by atoms with Gasteiger partial charge in [-0.25, -0.2) is 4.79 Å². The van der Waals surface area contributed by atoms with Crippen LogP contribution >= 0.6 is 0 Å². The van der Waals surface area contributed by atoms with Gasteiger partial charge < -0.3 is 14.7 Å². The summed E-state index contributed by atoms with van der Waals surface area (Å²) < 4.78 is 5.36. The van der Waals surface area contributed by atoms with Crippen LogP contribution in [0.2, 0.25) is 0 Å². The van der Waals surface area contributed by atoms with E-state index in [1.165, 1.54) is 32.1 Å². The van der Waals surface area contributed by atoms with Crippen LogP contribution in [0.25, 0.3) is 0 Å². The van der Waals surface area contributed by atoms with E-state index in [4.69, 9.17) is 9.84 Å². The molecule has 1 aromatic rings. The summed E-state index contributed by atoms with van der Waals surface area (Å²) in [6, 6.07) is 9.66. The van der Waals surface area contributed by atoms with Crippen LogP contribution in [-0.4, -0.2) is 35.8 Å². The lowest BCUT2D eigenvalue weighted by Gasteiger charge is -2.28. The molecule has 0 unspecified atom stereocenters. The minimum atomic E-state index is -0.321. The molecule has 0 atom stereocenters. The molecule has 21 heavy (non-hydrogen) atoms. The van der Waals surface area contributed by atoms with Gasteiger partial charge in [0.2, 0.25) is 0 Å². The second-order valence-corrected chi connectivity index (χ2v) is 5.71. The molecule has 0 aromatic heterocycles. The highest BCUT2D eigenvalue weighted by Crippen LogP contribution is 2.24. The monoisotopic (exact) mass is 291 g/mol. The fourth-order valence-corrected chi connectivity index (χ4v) is 2.87. The second kappa shape index (κ2) is 8.67. The molecule has 1 amide bonds. The minimum absolute atomic E-state index is 0.0207. The quantitative estimate of drug-likeness (QED) is 0.875. The van der Waals surface area contributed by atoms with E-state index < -0.39 is 0 Å². The molecular formula is C17H25NO3. The van der Waals surface area contributed by atoms with Crippen molar-refractivity contribution >= 4 is 6.09 Å². The number of rotatable bonds is 6. The molecule has 0 spiro atoms. The fraction of sp³-hybridized carbons (Fsp3) is 0.588. The van der Waals surface area contributed by atoms with Crippen molar-refractivity contribution in [3.8, 4) is 0 Å². The van der Waals surface area contributed by atoms with Crippen molar-refractivity contribution < 1.29 is 14.6 Å². The Morgan fingerprint density at radius 1 is 1.19 bits per heavy atom. The molecule has 0 saturated heterocycles. The van der Waals surface area contributed by atoms with Gasteiger partial charge in [-0.05, 0) is 24.3 Å². The van der Waals surface area contributed by atoms with Crippen LogP contribution in [0.15, 0.2) is 30.3 Å². The summed E-state index contributed by atoms with van der Waals surface area (Å²) in [5, 5.41) is 9.15. The van der Waals surface area contributed by atoms with Gasteiger partial charge >= 0.3 is 6.09 Å². The zero-order valence-corrected chi connectivity index (χ0v) is 12.5. The topological polar surface area (TPSA) is 49.8 Å². The van der Waals surface area contributed by atoms with Crippen LogP contribution in [0.1, 0.15) is 37.7 Å². The molecule has 1 aliphatic rings. The van der Waals surface area contributed by atoms with Crippen LogP contribution in [0.3, 0.4) is 0 Å². The number of amides is 1. The highest BCUT2D eigenvalue weighted by molar-refractivity contribution is 5.67. The first-order chi connectivity index (χ1) is 10.3. The Kier molecular flexibility index (Phi) is 6.54. The van der Waals surface area contributed by atoms with Gasteiger partial charge in [0.05, 0.1) is 6.61 Å². The molecule has 0 aliphatic heterocycles. The molecular weight excluding hydrogens is 266 g/mol. The Balaban J connectivity index is 1.82. The number of ether oxygens (including phenoxy) is 1. The molecule has 116 valence electrons. The maximum absolute atomic E-state index is 12.2. The van der Waals surface area contributed by atoms with Crippen LogP contribution in [0.4, 0.5) is 4.79 Å². The van der Waals surface area contributed by atoms with Gasteiger partial charge in [-0.1, -0.05) is 49.6 Å². The number of nitrogens with zero attached hydrogens (tertiary/aromatic N) is 1. The summed E-state index contributed by atoms with van der Waals surface area (Å²) in [5.74, 6) is 0.551. The first kappa shape index (κ1) is 15.8. The van der Waals surface area contributed by atoms with E-state index in [-0.39, 0.29) is 19.3 Å². The third kappa shape index (κ3) is 5.38. The Labute approximate surface area is 126 Å². The minimum Gasteiger partial charge on any atom is -0.445 e. The van der Waals surface area contributed by atoms with Gasteiger partial charge in [0.15, 0.2) is 0 Å². The van der Waals surface area contributed by atoms with Gasteiger partial charge in [0, 0.05) is 13.1 Å². The average molecular weight is 291 g/mol. The first-order valence-electron chi connectivity index (χ1n) is 7.86. The molecule has 1 fully saturated rings. The Morgan fingerprint density at radius 3 is 2.57 bits per heavy atom. The van der Waals surface area contributed by atoms with Crippen LogP contribution in [0, 0.1) is 5.92 Å². The highest BCUT2D eigenvalue weighted by Gasteiger charge is 2.21. The SMILES string of the molecule is O=C(OCc1ccccc1)N(CCO)CC1CCCCC1. The second-order valence-electron chi connectivity index (χ2n) is 5.71. The van der Waals surface area contributed by atoms with Gasteiger partial charge in [0.1, 0.15) is 6.61 Å². The Hall–Kier alpha value is -1.55. The summed E-state index contributed by atoms with van der Waals surface area (Å²) in [4.78, 5) is 13.8. The predicted octanol–water partition coefficient (Wildman–Crippen LogP) is 3.20. The average Bonchev–Trinajstić information content (AvgIpc) is 2.54. The third-order valence-corrected chi connectivity index (χ3v) is 4.04. The van der Waals surface area contributed by atoms with E-state index in [0.717, 1.165) is 5.56 Å². The molecule has 1 saturated carbocycles. The number of hydrogen-bond donors (Lipinski definition) is 1. The number of carbonyl (C=O) groups is 1. The molecule has 1 aliphatic carbocycles. The van der Waals surface area contributed by atoms with Gasteiger partial charge in [-0.2, -0.15) is 0 Å². The number of hydrogen-bond acceptors (Lipinski definition) is 3. The number of aliphatic hydroxyl groups excluding tert-OH is 1. The maximum atomic E-state index is 12.2. The molecule has 0 radical (unpaired) electrons. The maximum Gasteiger partial charge on any atom is 0.410 e. The van der Waals surface area contributed by atoms with E-state index >= 15 is 0 Å². The van der Waals surface area contributed by atoms with Crippen molar-refractivity contribution in [3.63, 3.8) is 0 Å². The summed E-state index contributed by atoms with van der Waals surface area (Å²) in [7, 11) is 0. The first-order valence-corrected chi connectivity index (χ1v) is 7.86. The van der Waals surface area contributed by atoms with Crippen LogP contribution in [-0.2, 0) is 11.3 Å². The van der Waals surface area contributed by atoms with Crippen LogP contribution in [0.5, 0.6) is 0 Å². The van der Waals surface area contributed by atoms with Crippen LogP contribution < -0.4 is 0 Å². The summed E-state index contributed by atoms with van der Waals surface area (Å²) >= 11 is 0. The molecule has 1 N–H and O–H groups in total. The summed E-state index contributed by atoms with van der Waals surface area (Å²) in [6.07, 6.45) is 5.82. The summed E-state index contributed by atoms with van der Waals surface area (Å²) in [5.41, 5.74) is 0.979. The van der Waals surface area contributed by atoms with E-state index in [9.17, 15) is 4.79 Å². The van der Waals surface area contributed by atoms with Crippen molar-refractivity contribution in [1.29, 1.82) is 0 Å². The molecule has 1 aromatic carbocycles. The van der Waals surface area contributed by atoms with Crippen molar-refractivity contribution in [1.82, 2.24) is 4.90 Å². The zero-order chi connectivity index (χ0) is 14.9. The normalized spacial score (nSPS) is 15.7. The zero-order valence-electron chi connectivity index (χ0n) is 12.5. The van der Waals surface area contributed by atoms with Crippen molar-refractivity contribution in [3.05, 3.63) is 35.9 Å². The number of benzene rings is 1. The standard InChI is InChI=1S/C17H25NO3/c19-12-11-18(13-15-7-3-1-4-8-15)17(20)21-14-16-9-5-2-6-10-16/h2,5-6,9-10,15,19H,1,3-4,7-8,11-14H2. The van der Waals surface area contributed by atoms with E-state index in [1.54, 1.807) is 4.90 Å². The Morgan fingerprint density at radius 2 is 1.90 bits per heavy atom. The lowest BCUT2D eigenvalue weighted by Crippen LogP contribution is -2.38. The fourth-order valence-electron chi connectivity index (χ4n) is 2.87. The lowest BCUT2D eigenvalue weighted by molar-refractivity contribution is 0.0791. The number of carbonyl (C=O) groups excluding carboxylic acids is 1. The van der Waals surface area contributed by atoms with Crippen molar-refractivity contribution in [2.75, 3.05) is 19.7 Å². The molecule has 4 nitrogen and oxygen atoms in total. The molecule has 0 bridgehead atoms. The smallest absolute Gasteiger partial charge is 0.410 e. The molecule has 0 heterocycles. The third-order valence-electron chi connectivity index (χ3n) is 4.04. The van der Waals surface area contributed by atoms with Crippen molar-refractivity contribution in [2.45, 2.75) is 38.7 Å². The largest absolute Gasteiger partial charge is 0.445 e. The Bertz CT molecular complexity index is 415. The molecule has 4 heteroatoms. The predicted molar refractivity (Wildman–Crippen MR) is 81.9 cm³/mol. The summed E-state index contributed by atoms with van der Waals surface area (Å²) in [6.45, 7) is 1.32. The van der Waals surface area contributed by atoms with Crippen molar-refractivity contribution in [2.24, 2.45) is 5.92 Å². The van der Waals surface area contributed by atoms with E-state index in [1.807, 2.05) is 30.3 Å². The number of aliphatic hydroxyl groups is 1. The van der Waals surface area contributed by atoms with Gasteiger partial charge in [-0.15, -0.1) is 0 Å². The van der Waals surface area contributed by atoms with Gasteiger partial charge in [-0.3, -0.25) is 0 Å². The van der Waals surface area contributed by atoms with Gasteiger partial charge in [0.25, 0.3) is 0 Å². The lowest BCUT2D eigenvalue weighted by atomic mass is 9.89.